The Labute approximate surface area is 145 Å². The molecular weight excluding hydrogens is 376 g/mol. The van der Waals surface area contributed by atoms with Crippen LogP contribution < -0.4 is 10.2 Å². The number of terminal acetylenes is 1. The van der Waals surface area contributed by atoms with Gasteiger partial charge in [0.25, 0.3) is 11.8 Å². The molecule has 1 N–H and O–H groups in total. The van der Waals surface area contributed by atoms with Crippen molar-refractivity contribution in [2.45, 2.75) is 0 Å². The summed E-state index contributed by atoms with van der Waals surface area (Å²) in [6.07, 6.45) is 6.46. The summed E-state index contributed by atoms with van der Waals surface area (Å²) in [6, 6.07) is 8.85. The van der Waals surface area contributed by atoms with E-state index in [0.717, 1.165) is 4.90 Å². The average Bonchev–Trinajstić information content (AvgIpc) is 2.99. The third kappa shape index (κ3) is 2.87. The third-order valence-electron chi connectivity index (χ3n) is 3.22. The molecule has 4 amide bonds. The highest BCUT2D eigenvalue weighted by Crippen LogP contribution is 2.24. The molecule has 24 heavy (non-hydrogen) atoms. The summed E-state index contributed by atoms with van der Waals surface area (Å²) in [4.78, 5) is 37.6. The molecule has 0 unspecified atom stereocenters. The lowest BCUT2D eigenvalue weighted by Gasteiger charge is -2.26. The Balaban J connectivity index is 2.01. The van der Waals surface area contributed by atoms with Crippen molar-refractivity contribution in [3.05, 3.63) is 58.0 Å². The number of benzene rings is 1. The number of anilines is 1. The van der Waals surface area contributed by atoms with Crippen molar-refractivity contribution in [3.8, 4) is 12.3 Å². The molecule has 0 saturated carbocycles. The standard InChI is InChI=1S/C17H9BrN2O4/c1-2-12-6-7-13(24-12)9-14-15(21)19-17(23)20(16(14)22)11-5-3-4-10(18)8-11/h1,3-9H,(H,19,21,23). The van der Waals surface area contributed by atoms with Gasteiger partial charge in [-0.15, -0.1) is 6.42 Å². The van der Waals surface area contributed by atoms with Crippen molar-refractivity contribution in [1.29, 1.82) is 0 Å². The van der Waals surface area contributed by atoms with Gasteiger partial charge < -0.3 is 4.42 Å². The Morgan fingerprint density at radius 2 is 2.00 bits per heavy atom. The number of carbonyl (C=O) groups is 3. The van der Waals surface area contributed by atoms with E-state index in [2.05, 4.69) is 27.2 Å². The lowest BCUT2D eigenvalue weighted by molar-refractivity contribution is -0.122. The van der Waals surface area contributed by atoms with Crippen LogP contribution in [0.3, 0.4) is 0 Å². The minimum absolute atomic E-state index is 0.229. The summed E-state index contributed by atoms with van der Waals surface area (Å²) in [5, 5.41) is 2.13. The van der Waals surface area contributed by atoms with Gasteiger partial charge in [-0.3, -0.25) is 14.9 Å². The summed E-state index contributed by atoms with van der Waals surface area (Å²) in [7, 11) is 0. The number of urea groups is 1. The molecule has 1 saturated heterocycles. The predicted molar refractivity (Wildman–Crippen MR) is 89.8 cm³/mol. The number of hydrogen-bond donors (Lipinski definition) is 1. The number of nitrogens with one attached hydrogen (secondary N) is 1. The predicted octanol–water partition coefficient (Wildman–Crippen LogP) is 2.69. The number of barbiturate groups is 1. The smallest absolute Gasteiger partial charge is 0.335 e. The number of rotatable bonds is 2. The maximum atomic E-state index is 12.6. The second-order valence-corrected chi connectivity index (χ2v) is 5.70. The van der Waals surface area contributed by atoms with E-state index in [-0.39, 0.29) is 17.1 Å². The first-order chi connectivity index (χ1) is 11.5. The van der Waals surface area contributed by atoms with E-state index in [1.54, 1.807) is 24.3 Å². The highest BCUT2D eigenvalue weighted by molar-refractivity contribution is 9.10. The summed E-state index contributed by atoms with van der Waals surface area (Å²) < 4.78 is 5.95. The van der Waals surface area contributed by atoms with E-state index >= 15 is 0 Å². The van der Waals surface area contributed by atoms with Gasteiger partial charge in [0, 0.05) is 4.47 Å². The molecule has 2 aromatic rings. The van der Waals surface area contributed by atoms with Gasteiger partial charge in [-0.05, 0) is 42.3 Å². The van der Waals surface area contributed by atoms with Gasteiger partial charge in [0.2, 0.25) is 0 Å². The first kappa shape index (κ1) is 15.8. The minimum Gasteiger partial charge on any atom is -0.448 e. The van der Waals surface area contributed by atoms with Crippen molar-refractivity contribution < 1.29 is 18.8 Å². The fourth-order valence-electron chi connectivity index (χ4n) is 2.16. The molecule has 1 aliphatic heterocycles. The second kappa shape index (κ2) is 6.18. The fraction of sp³-hybridized carbons (Fsp3) is 0. The van der Waals surface area contributed by atoms with Gasteiger partial charge >= 0.3 is 6.03 Å². The van der Waals surface area contributed by atoms with Crippen molar-refractivity contribution >= 4 is 45.5 Å². The zero-order chi connectivity index (χ0) is 17.3. The molecule has 6 nitrogen and oxygen atoms in total. The van der Waals surface area contributed by atoms with Crippen LogP contribution in [0.2, 0.25) is 0 Å². The highest BCUT2D eigenvalue weighted by Gasteiger charge is 2.37. The van der Waals surface area contributed by atoms with Gasteiger partial charge in [0.1, 0.15) is 11.3 Å². The Hall–Kier alpha value is -3.11. The van der Waals surface area contributed by atoms with E-state index < -0.39 is 17.8 Å². The molecule has 1 aliphatic rings. The van der Waals surface area contributed by atoms with E-state index in [1.807, 2.05) is 0 Å². The molecule has 0 aliphatic carbocycles. The first-order valence-electron chi connectivity index (χ1n) is 6.73. The number of nitrogens with zero attached hydrogens (tertiary/aromatic N) is 1. The Bertz CT molecular complexity index is 936. The zero-order valence-electron chi connectivity index (χ0n) is 12.1. The average molecular weight is 385 g/mol. The first-order valence-corrected chi connectivity index (χ1v) is 7.52. The summed E-state index contributed by atoms with van der Waals surface area (Å²) >= 11 is 3.28. The molecule has 0 radical (unpaired) electrons. The molecule has 0 atom stereocenters. The largest absolute Gasteiger partial charge is 0.448 e. The lowest BCUT2D eigenvalue weighted by Crippen LogP contribution is -2.54. The lowest BCUT2D eigenvalue weighted by atomic mass is 10.1. The van der Waals surface area contributed by atoms with E-state index in [0.29, 0.717) is 10.2 Å². The quantitative estimate of drug-likeness (QED) is 0.490. The van der Waals surface area contributed by atoms with Crippen LogP contribution in [0.15, 0.2) is 50.9 Å². The van der Waals surface area contributed by atoms with Gasteiger partial charge in [0.05, 0.1) is 5.69 Å². The fourth-order valence-corrected chi connectivity index (χ4v) is 2.54. The molecule has 0 spiro atoms. The number of hydrogen-bond acceptors (Lipinski definition) is 4. The van der Waals surface area contributed by atoms with Crippen molar-refractivity contribution in [2.75, 3.05) is 4.90 Å². The van der Waals surface area contributed by atoms with E-state index in [9.17, 15) is 14.4 Å². The van der Waals surface area contributed by atoms with Crippen LogP contribution in [-0.4, -0.2) is 17.8 Å². The number of imide groups is 2. The third-order valence-corrected chi connectivity index (χ3v) is 3.72. The molecule has 2 heterocycles. The van der Waals surface area contributed by atoms with Gasteiger partial charge in [-0.1, -0.05) is 22.0 Å². The second-order valence-electron chi connectivity index (χ2n) is 4.78. The SMILES string of the molecule is C#Cc1ccc(C=C2C(=O)NC(=O)N(c3cccc(Br)c3)C2=O)o1. The van der Waals surface area contributed by atoms with Crippen LogP contribution in [-0.2, 0) is 9.59 Å². The normalized spacial score (nSPS) is 16.2. The molecule has 1 fully saturated rings. The molecule has 7 heteroatoms. The topological polar surface area (TPSA) is 79.6 Å². The Morgan fingerprint density at radius 1 is 1.21 bits per heavy atom. The molecule has 0 bridgehead atoms. The van der Waals surface area contributed by atoms with Crippen LogP contribution in [0.4, 0.5) is 10.5 Å². The molecular formula is C17H9BrN2O4. The maximum absolute atomic E-state index is 12.6. The zero-order valence-corrected chi connectivity index (χ0v) is 13.7. The number of amides is 4. The van der Waals surface area contributed by atoms with E-state index in [4.69, 9.17) is 10.8 Å². The van der Waals surface area contributed by atoms with Crippen LogP contribution in [0.5, 0.6) is 0 Å². The summed E-state index contributed by atoms with van der Waals surface area (Å²) in [5.74, 6) is 1.27. The van der Waals surface area contributed by atoms with Crippen LogP contribution >= 0.6 is 15.9 Å². The molecule has 3 rings (SSSR count). The van der Waals surface area contributed by atoms with Crippen molar-refractivity contribution in [2.24, 2.45) is 0 Å². The summed E-state index contributed by atoms with van der Waals surface area (Å²) in [5.41, 5.74) is 0.0986. The summed E-state index contributed by atoms with van der Waals surface area (Å²) in [6.45, 7) is 0. The van der Waals surface area contributed by atoms with E-state index in [1.165, 1.54) is 18.2 Å². The molecule has 1 aromatic carbocycles. The Kier molecular flexibility index (Phi) is 4.06. The monoisotopic (exact) mass is 384 g/mol. The molecule has 118 valence electrons. The van der Waals surface area contributed by atoms with Gasteiger partial charge in [-0.2, -0.15) is 0 Å². The Morgan fingerprint density at radius 3 is 2.67 bits per heavy atom. The van der Waals surface area contributed by atoms with Crippen molar-refractivity contribution in [1.82, 2.24) is 5.32 Å². The number of furan rings is 1. The van der Waals surface area contributed by atoms with Crippen LogP contribution in [0.1, 0.15) is 11.5 Å². The number of halogens is 1. The van der Waals surface area contributed by atoms with Gasteiger partial charge in [0.15, 0.2) is 5.76 Å². The maximum Gasteiger partial charge on any atom is 0.335 e. The highest BCUT2D eigenvalue weighted by atomic mass is 79.9. The van der Waals surface area contributed by atoms with Crippen LogP contribution in [0, 0.1) is 12.3 Å². The number of carbonyl (C=O) groups excluding carboxylic acids is 3. The molecule has 1 aromatic heterocycles. The van der Waals surface area contributed by atoms with Gasteiger partial charge in [-0.25, -0.2) is 9.69 Å². The minimum atomic E-state index is -0.816. The van der Waals surface area contributed by atoms with Crippen molar-refractivity contribution in [3.63, 3.8) is 0 Å². The van der Waals surface area contributed by atoms with Crippen LogP contribution in [0.25, 0.3) is 6.08 Å².